The molecule has 0 heterocycles. The number of hydrogen-bond donors (Lipinski definition) is 4. The summed E-state index contributed by atoms with van der Waals surface area (Å²) in [4.78, 5) is 44.7. The molecule has 0 aliphatic rings. The van der Waals surface area contributed by atoms with Crippen molar-refractivity contribution in [2.45, 2.75) is 32.4 Å². The minimum absolute atomic E-state index is 0.310. The van der Waals surface area contributed by atoms with Crippen LogP contribution in [0.1, 0.15) is 20.3 Å². The average molecular weight is 289 g/mol. The molecule has 0 aromatic heterocycles. The minimum atomic E-state index is -1.44. The molecular weight excluding hydrogens is 270 g/mol. The number of rotatable bonds is 7. The van der Waals surface area contributed by atoms with Gasteiger partial charge in [0.15, 0.2) is 0 Å². The van der Waals surface area contributed by atoms with Crippen molar-refractivity contribution in [3.8, 4) is 0 Å². The van der Waals surface area contributed by atoms with Gasteiger partial charge in [0.05, 0.1) is 13.5 Å². The van der Waals surface area contributed by atoms with Crippen molar-refractivity contribution < 1.29 is 29.0 Å². The third kappa shape index (κ3) is 6.03. The zero-order valence-electron chi connectivity index (χ0n) is 11.5. The number of ether oxygens (including phenoxy) is 1. The van der Waals surface area contributed by atoms with Gasteiger partial charge in [-0.3, -0.25) is 9.59 Å². The van der Waals surface area contributed by atoms with Gasteiger partial charge in [-0.1, -0.05) is 13.8 Å². The van der Waals surface area contributed by atoms with Crippen LogP contribution in [0.3, 0.4) is 0 Å². The summed E-state index contributed by atoms with van der Waals surface area (Å²) in [6, 6.07) is -3.34. The summed E-state index contributed by atoms with van der Waals surface area (Å²) in [6.07, 6.45) is -0.515. The highest BCUT2D eigenvalue weighted by atomic mass is 16.5. The fourth-order valence-electron chi connectivity index (χ4n) is 1.40. The van der Waals surface area contributed by atoms with Crippen molar-refractivity contribution in [3.63, 3.8) is 0 Å². The molecule has 0 aliphatic carbocycles. The smallest absolute Gasteiger partial charge is 0.326 e. The van der Waals surface area contributed by atoms with Gasteiger partial charge in [0.2, 0.25) is 5.91 Å². The van der Waals surface area contributed by atoms with Crippen LogP contribution >= 0.6 is 0 Å². The van der Waals surface area contributed by atoms with Crippen LogP contribution in [-0.4, -0.2) is 48.2 Å². The summed E-state index contributed by atoms with van der Waals surface area (Å²) in [5.41, 5.74) is 4.94. The van der Waals surface area contributed by atoms with Gasteiger partial charge in [-0.25, -0.2) is 9.59 Å². The Hall–Kier alpha value is -2.32. The number of aliphatic carboxylic acids is 1. The Balaban J connectivity index is 4.83. The molecule has 9 nitrogen and oxygen atoms in total. The number of nitrogens with one attached hydrogen (secondary N) is 2. The van der Waals surface area contributed by atoms with Crippen molar-refractivity contribution in [1.29, 1.82) is 0 Å². The van der Waals surface area contributed by atoms with Crippen LogP contribution in [0.5, 0.6) is 0 Å². The second kappa shape index (κ2) is 7.97. The second-order valence-electron chi connectivity index (χ2n) is 4.41. The molecule has 0 fully saturated rings. The van der Waals surface area contributed by atoms with Crippen molar-refractivity contribution in [1.82, 2.24) is 10.6 Å². The Bertz CT molecular complexity index is 396. The Kier molecular flexibility index (Phi) is 7.05. The Labute approximate surface area is 115 Å². The fourth-order valence-corrected chi connectivity index (χ4v) is 1.40. The minimum Gasteiger partial charge on any atom is -0.480 e. The molecule has 0 aliphatic heterocycles. The summed E-state index contributed by atoms with van der Waals surface area (Å²) >= 11 is 0. The van der Waals surface area contributed by atoms with Crippen LogP contribution in [0.2, 0.25) is 0 Å². The number of carbonyl (C=O) groups is 4. The molecule has 20 heavy (non-hydrogen) atoms. The molecule has 0 radical (unpaired) electrons. The molecule has 3 amide bonds. The Morgan fingerprint density at radius 2 is 1.75 bits per heavy atom. The van der Waals surface area contributed by atoms with Gasteiger partial charge >= 0.3 is 18.0 Å². The van der Waals surface area contributed by atoms with Crippen LogP contribution in [0.15, 0.2) is 0 Å². The first-order valence-electron chi connectivity index (χ1n) is 5.85. The molecule has 0 aromatic carbocycles. The van der Waals surface area contributed by atoms with Gasteiger partial charge in [0, 0.05) is 0 Å². The van der Waals surface area contributed by atoms with E-state index in [9.17, 15) is 19.2 Å². The molecule has 0 spiro atoms. The number of hydrogen-bond acceptors (Lipinski definition) is 5. The van der Waals surface area contributed by atoms with E-state index in [4.69, 9.17) is 10.8 Å². The quantitative estimate of drug-likeness (QED) is 0.433. The third-order valence-electron chi connectivity index (χ3n) is 2.46. The molecule has 0 saturated carbocycles. The average Bonchev–Trinajstić information content (AvgIpc) is 2.33. The van der Waals surface area contributed by atoms with E-state index >= 15 is 0 Å². The number of carboxylic acids is 1. The molecule has 0 rings (SSSR count). The number of methoxy groups -OCH3 is 1. The first-order valence-corrected chi connectivity index (χ1v) is 5.85. The predicted molar refractivity (Wildman–Crippen MR) is 67.5 cm³/mol. The lowest BCUT2D eigenvalue weighted by atomic mass is 10.0. The number of urea groups is 1. The lowest BCUT2D eigenvalue weighted by molar-refractivity contribution is -0.149. The lowest BCUT2D eigenvalue weighted by Gasteiger charge is -2.22. The number of primary amides is 1. The zero-order valence-corrected chi connectivity index (χ0v) is 11.5. The van der Waals surface area contributed by atoms with Crippen LogP contribution < -0.4 is 16.4 Å². The van der Waals surface area contributed by atoms with Crippen LogP contribution in [0.4, 0.5) is 4.79 Å². The van der Waals surface area contributed by atoms with Gasteiger partial charge < -0.3 is 26.2 Å². The molecule has 0 aromatic rings. The molecule has 0 saturated heterocycles. The highest BCUT2D eigenvalue weighted by Crippen LogP contribution is 2.04. The van der Waals surface area contributed by atoms with E-state index in [0.29, 0.717) is 0 Å². The SMILES string of the molecule is COC(=O)C[C@H](NC(=O)C(NC(N)=O)C(C)C)C(=O)O. The topological polar surface area (TPSA) is 148 Å². The van der Waals surface area contributed by atoms with Crippen LogP contribution in [0.25, 0.3) is 0 Å². The van der Waals surface area contributed by atoms with Gasteiger partial charge in [0.1, 0.15) is 12.1 Å². The number of nitrogens with two attached hydrogens (primary N) is 1. The van der Waals surface area contributed by atoms with E-state index < -0.39 is 42.4 Å². The van der Waals surface area contributed by atoms with Crippen molar-refractivity contribution in [2.24, 2.45) is 11.7 Å². The van der Waals surface area contributed by atoms with Gasteiger partial charge in [0.25, 0.3) is 0 Å². The summed E-state index contributed by atoms with van der Waals surface area (Å²) < 4.78 is 4.34. The number of carboxylic acid groups (broad SMARTS) is 1. The Morgan fingerprint density at radius 3 is 2.10 bits per heavy atom. The first kappa shape index (κ1) is 17.7. The third-order valence-corrected chi connectivity index (χ3v) is 2.46. The van der Waals surface area contributed by atoms with Gasteiger partial charge in [-0.05, 0) is 5.92 Å². The maximum Gasteiger partial charge on any atom is 0.326 e. The fraction of sp³-hybridized carbons (Fsp3) is 0.636. The molecular formula is C11H19N3O6. The van der Waals surface area contributed by atoms with E-state index in [1.165, 1.54) is 0 Å². The molecule has 0 bridgehead atoms. The summed E-state index contributed by atoms with van der Waals surface area (Å²) in [6.45, 7) is 3.30. The summed E-state index contributed by atoms with van der Waals surface area (Å²) in [7, 11) is 1.11. The lowest BCUT2D eigenvalue weighted by Crippen LogP contribution is -2.55. The van der Waals surface area contributed by atoms with E-state index in [2.05, 4.69) is 15.4 Å². The highest BCUT2D eigenvalue weighted by Gasteiger charge is 2.29. The maximum atomic E-state index is 11.9. The van der Waals surface area contributed by atoms with E-state index in [0.717, 1.165) is 7.11 Å². The number of carbonyl (C=O) groups excluding carboxylic acids is 3. The molecule has 2 atom stereocenters. The summed E-state index contributed by atoms with van der Waals surface area (Å²) in [5, 5.41) is 13.3. The summed E-state index contributed by atoms with van der Waals surface area (Å²) in [5.74, 6) is -3.21. The zero-order chi connectivity index (χ0) is 15.9. The standard InChI is InChI=1S/C11H19N3O6/c1-5(2)8(14-11(12)19)9(16)13-6(10(17)18)4-7(15)20-3/h5-6,8H,4H2,1-3H3,(H,13,16)(H,17,18)(H3,12,14,19)/t6-,8?/m0/s1. The normalized spacial score (nSPS) is 13.2. The van der Waals surface area contributed by atoms with Gasteiger partial charge in [-0.15, -0.1) is 0 Å². The van der Waals surface area contributed by atoms with Crippen molar-refractivity contribution >= 4 is 23.9 Å². The van der Waals surface area contributed by atoms with Crippen LogP contribution in [-0.2, 0) is 19.1 Å². The second-order valence-corrected chi connectivity index (χ2v) is 4.41. The molecule has 114 valence electrons. The van der Waals surface area contributed by atoms with Crippen molar-refractivity contribution in [3.05, 3.63) is 0 Å². The van der Waals surface area contributed by atoms with E-state index in [-0.39, 0.29) is 5.92 Å². The largest absolute Gasteiger partial charge is 0.480 e. The maximum absolute atomic E-state index is 11.9. The Morgan fingerprint density at radius 1 is 1.20 bits per heavy atom. The van der Waals surface area contributed by atoms with E-state index in [1.54, 1.807) is 13.8 Å². The first-order chi connectivity index (χ1) is 9.18. The molecule has 1 unspecified atom stereocenters. The van der Waals surface area contributed by atoms with Crippen LogP contribution in [0, 0.1) is 5.92 Å². The molecule has 5 N–H and O–H groups in total. The number of amides is 3. The monoisotopic (exact) mass is 289 g/mol. The predicted octanol–water partition coefficient (Wildman–Crippen LogP) is -1.19. The highest BCUT2D eigenvalue weighted by molar-refractivity contribution is 5.91. The van der Waals surface area contributed by atoms with Crippen molar-refractivity contribution in [2.75, 3.05) is 7.11 Å². The molecule has 9 heteroatoms. The van der Waals surface area contributed by atoms with E-state index in [1.807, 2.05) is 0 Å². The number of esters is 1. The van der Waals surface area contributed by atoms with Gasteiger partial charge in [-0.2, -0.15) is 0 Å².